The molecule has 0 N–H and O–H groups in total. The van der Waals surface area contributed by atoms with Crippen LogP contribution in [-0.2, 0) is 4.79 Å². The molecule has 0 aromatic heterocycles. The Bertz CT molecular complexity index is 318. The van der Waals surface area contributed by atoms with Crippen molar-refractivity contribution in [2.24, 2.45) is 5.92 Å². The molecule has 0 spiro atoms. The van der Waals surface area contributed by atoms with Gasteiger partial charge in [-0.15, -0.1) is 23.5 Å². The maximum atomic E-state index is 11.7. The van der Waals surface area contributed by atoms with Crippen LogP contribution in [0.15, 0.2) is 9.81 Å². The van der Waals surface area contributed by atoms with Gasteiger partial charge in [0.2, 0.25) is 0 Å². The lowest BCUT2D eigenvalue weighted by molar-refractivity contribution is -0.116. The van der Waals surface area contributed by atoms with E-state index in [9.17, 15) is 4.79 Å². The Morgan fingerprint density at radius 1 is 1.36 bits per heavy atom. The molecule has 2 aliphatic rings. The van der Waals surface area contributed by atoms with Gasteiger partial charge >= 0.3 is 0 Å². The number of nitrogens with zero attached hydrogens (tertiary/aromatic N) is 1. The van der Waals surface area contributed by atoms with Crippen molar-refractivity contribution in [2.45, 2.75) is 19.3 Å². The third-order valence-corrected chi connectivity index (χ3v) is 4.89. The van der Waals surface area contributed by atoms with Crippen molar-refractivity contribution in [1.82, 2.24) is 0 Å². The van der Waals surface area contributed by atoms with Gasteiger partial charge in [-0.1, -0.05) is 0 Å². The van der Waals surface area contributed by atoms with Crippen molar-refractivity contribution in [1.29, 1.82) is 5.26 Å². The van der Waals surface area contributed by atoms with Crippen molar-refractivity contribution >= 4 is 29.3 Å². The number of allylic oxidation sites excluding steroid dienone is 1. The summed E-state index contributed by atoms with van der Waals surface area (Å²) in [5, 5.41) is 8.97. The smallest absolute Gasteiger partial charge is 0.178 e. The molecule has 2 rings (SSSR count). The fraction of sp³-hybridized carbons (Fsp3) is 0.600. The second kappa shape index (κ2) is 4.41. The summed E-state index contributed by atoms with van der Waals surface area (Å²) in [6.07, 6.45) is 3.13. The van der Waals surface area contributed by atoms with Gasteiger partial charge < -0.3 is 0 Å². The number of ketones is 1. The number of carbonyl (C=O) groups excluding carboxylic acids is 1. The summed E-state index contributed by atoms with van der Waals surface area (Å²) in [7, 11) is 0. The van der Waals surface area contributed by atoms with E-state index < -0.39 is 0 Å². The monoisotopic (exact) mass is 225 g/mol. The van der Waals surface area contributed by atoms with Crippen LogP contribution in [0.1, 0.15) is 19.3 Å². The molecule has 0 atom stereocenters. The fourth-order valence-corrected chi connectivity index (χ4v) is 3.87. The molecule has 1 saturated carbocycles. The standard InChI is InChI=1S/C10H11NOS2/c11-6-8(9(12)7-2-3-7)10-13-4-1-5-14-10/h7H,1-5H2. The highest BCUT2D eigenvalue weighted by Gasteiger charge is 2.33. The van der Waals surface area contributed by atoms with Gasteiger partial charge in [0.1, 0.15) is 11.6 Å². The summed E-state index contributed by atoms with van der Waals surface area (Å²) in [5.41, 5.74) is 0.433. The zero-order valence-electron chi connectivity index (χ0n) is 7.78. The Hall–Kier alpha value is -0.400. The number of nitriles is 1. The van der Waals surface area contributed by atoms with E-state index in [2.05, 4.69) is 6.07 Å². The summed E-state index contributed by atoms with van der Waals surface area (Å²) in [5.74, 6) is 2.35. The minimum atomic E-state index is 0.0874. The topological polar surface area (TPSA) is 40.9 Å². The van der Waals surface area contributed by atoms with Gasteiger partial charge in [-0.3, -0.25) is 4.79 Å². The van der Waals surface area contributed by atoms with Crippen molar-refractivity contribution in [3.05, 3.63) is 9.81 Å². The van der Waals surface area contributed by atoms with E-state index in [0.717, 1.165) is 28.6 Å². The highest BCUT2D eigenvalue weighted by Crippen LogP contribution is 2.40. The number of carbonyl (C=O) groups is 1. The predicted octanol–water partition coefficient (Wildman–Crippen LogP) is 2.57. The van der Waals surface area contributed by atoms with E-state index in [4.69, 9.17) is 5.26 Å². The third kappa shape index (κ3) is 2.15. The maximum Gasteiger partial charge on any atom is 0.178 e. The minimum absolute atomic E-state index is 0.0874. The number of thioether (sulfide) groups is 2. The molecule has 0 radical (unpaired) electrons. The average Bonchev–Trinajstić information content (AvgIpc) is 3.03. The van der Waals surface area contributed by atoms with Gasteiger partial charge in [0.15, 0.2) is 5.78 Å². The van der Waals surface area contributed by atoms with Crippen LogP contribution in [0, 0.1) is 17.2 Å². The van der Waals surface area contributed by atoms with Crippen LogP contribution in [0.4, 0.5) is 0 Å². The first-order valence-electron chi connectivity index (χ1n) is 4.77. The lowest BCUT2D eigenvalue weighted by atomic mass is 10.1. The highest BCUT2D eigenvalue weighted by atomic mass is 32.2. The molecule has 0 aromatic rings. The van der Waals surface area contributed by atoms with Crippen LogP contribution in [0.25, 0.3) is 0 Å². The Kier molecular flexibility index (Phi) is 3.19. The van der Waals surface area contributed by atoms with Gasteiger partial charge in [0.05, 0.1) is 4.24 Å². The van der Waals surface area contributed by atoms with Gasteiger partial charge in [0.25, 0.3) is 0 Å². The zero-order valence-corrected chi connectivity index (χ0v) is 9.42. The van der Waals surface area contributed by atoms with Crippen molar-refractivity contribution in [3.8, 4) is 6.07 Å². The third-order valence-electron chi connectivity index (χ3n) is 2.27. The van der Waals surface area contributed by atoms with Gasteiger partial charge in [-0.05, 0) is 30.8 Å². The molecular formula is C10H11NOS2. The Morgan fingerprint density at radius 2 is 2.00 bits per heavy atom. The number of hydrogen-bond donors (Lipinski definition) is 0. The summed E-state index contributed by atoms with van der Waals surface area (Å²) in [6, 6.07) is 2.08. The van der Waals surface area contributed by atoms with E-state index in [1.807, 2.05) is 0 Å². The second-order valence-corrected chi connectivity index (χ2v) is 5.93. The molecule has 0 aromatic carbocycles. The summed E-state index contributed by atoms with van der Waals surface area (Å²) < 4.78 is 0.968. The first-order chi connectivity index (χ1) is 6.83. The molecular weight excluding hydrogens is 214 g/mol. The molecule has 0 unspecified atom stereocenters. The molecule has 2 fully saturated rings. The Labute approximate surface area is 92.1 Å². The summed E-state index contributed by atoms with van der Waals surface area (Å²) in [6.45, 7) is 0. The SMILES string of the molecule is N#CC(C(=O)C1CC1)=C1SCCCS1. The lowest BCUT2D eigenvalue weighted by Gasteiger charge is -2.13. The van der Waals surface area contributed by atoms with Crippen LogP contribution < -0.4 is 0 Å². The minimum Gasteiger partial charge on any atom is -0.293 e. The van der Waals surface area contributed by atoms with Gasteiger partial charge in [0, 0.05) is 5.92 Å². The molecule has 0 bridgehead atoms. The van der Waals surface area contributed by atoms with Crippen LogP contribution in [-0.4, -0.2) is 17.3 Å². The molecule has 0 amide bonds. The molecule has 4 heteroatoms. The second-order valence-electron chi connectivity index (χ2n) is 3.46. The predicted molar refractivity (Wildman–Crippen MR) is 59.9 cm³/mol. The lowest BCUT2D eigenvalue weighted by Crippen LogP contribution is -2.06. The normalized spacial score (nSPS) is 21.5. The van der Waals surface area contributed by atoms with E-state index in [0.29, 0.717) is 5.57 Å². The molecule has 2 nitrogen and oxygen atoms in total. The summed E-state index contributed by atoms with van der Waals surface area (Å²) >= 11 is 3.34. The number of Topliss-reactive ketones (excluding diaryl/α,β-unsaturated/α-hetero) is 1. The maximum absolute atomic E-state index is 11.7. The van der Waals surface area contributed by atoms with E-state index in [1.54, 1.807) is 23.5 Å². The Balaban J connectivity index is 2.17. The first kappa shape index (κ1) is 10.1. The average molecular weight is 225 g/mol. The van der Waals surface area contributed by atoms with Crippen LogP contribution in [0.2, 0.25) is 0 Å². The molecule has 74 valence electrons. The first-order valence-corrected chi connectivity index (χ1v) is 6.74. The Morgan fingerprint density at radius 3 is 2.50 bits per heavy atom. The van der Waals surface area contributed by atoms with Gasteiger partial charge in [-0.25, -0.2) is 0 Å². The van der Waals surface area contributed by atoms with Crippen molar-refractivity contribution < 1.29 is 4.79 Å². The van der Waals surface area contributed by atoms with Crippen molar-refractivity contribution in [3.63, 3.8) is 0 Å². The summed E-state index contributed by atoms with van der Waals surface area (Å²) in [4.78, 5) is 11.7. The number of rotatable bonds is 2. The molecule has 1 aliphatic heterocycles. The van der Waals surface area contributed by atoms with Crippen LogP contribution in [0.5, 0.6) is 0 Å². The molecule has 1 aliphatic carbocycles. The van der Waals surface area contributed by atoms with Gasteiger partial charge in [-0.2, -0.15) is 5.26 Å². The number of hydrogen-bond acceptors (Lipinski definition) is 4. The van der Waals surface area contributed by atoms with Crippen molar-refractivity contribution in [2.75, 3.05) is 11.5 Å². The highest BCUT2D eigenvalue weighted by molar-refractivity contribution is 8.22. The van der Waals surface area contributed by atoms with Crippen LogP contribution >= 0.6 is 23.5 Å². The molecule has 1 heterocycles. The molecule has 1 saturated heterocycles. The quantitative estimate of drug-likeness (QED) is 0.535. The molecule has 14 heavy (non-hydrogen) atoms. The van der Waals surface area contributed by atoms with Crippen LogP contribution in [0.3, 0.4) is 0 Å². The fourth-order valence-electron chi connectivity index (χ4n) is 1.33. The largest absolute Gasteiger partial charge is 0.293 e. The van der Waals surface area contributed by atoms with E-state index >= 15 is 0 Å². The van der Waals surface area contributed by atoms with E-state index in [-0.39, 0.29) is 11.7 Å². The zero-order chi connectivity index (χ0) is 9.97. The van der Waals surface area contributed by atoms with E-state index in [1.165, 1.54) is 6.42 Å².